The Balaban J connectivity index is 1.50. The molecule has 150 valence electrons. The number of pyridine rings is 1. The summed E-state index contributed by atoms with van der Waals surface area (Å²) in [7, 11) is 0. The van der Waals surface area contributed by atoms with Gasteiger partial charge in [0.15, 0.2) is 0 Å². The Hall–Kier alpha value is -3.22. The van der Waals surface area contributed by atoms with Gasteiger partial charge >= 0.3 is 0 Å². The van der Waals surface area contributed by atoms with Gasteiger partial charge in [-0.3, -0.25) is 14.4 Å². The van der Waals surface area contributed by atoms with Crippen molar-refractivity contribution >= 4 is 16.8 Å². The molecule has 0 aliphatic carbocycles. The van der Waals surface area contributed by atoms with Crippen LogP contribution in [0.5, 0.6) is 0 Å². The molecule has 2 aromatic heterocycles. The van der Waals surface area contributed by atoms with E-state index in [1.165, 1.54) is 10.7 Å². The van der Waals surface area contributed by atoms with Crippen LogP contribution < -0.4 is 11.1 Å². The van der Waals surface area contributed by atoms with Crippen molar-refractivity contribution in [3.05, 3.63) is 74.4 Å². The summed E-state index contributed by atoms with van der Waals surface area (Å²) < 4.78 is 1.50. The number of H-pyrrole nitrogens is 1. The zero-order valence-corrected chi connectivity index (χ0v) is 16.8. The van der Waals surface area contributed by atoms with Crippen molar-refractivity contribution in [2.75, 3.05) is 13.1 Å². The molecular weight excluding hydrogens is 368 g/mol. The zero-order chi connectivity index (χ0) is 20.8. The van der Waals surface area contributed by atoms with Gasteiger partial charge in [0.2, 0.25) is 5.56 Å². The summed E-state index contributed by atoms with van der Waals surface area (Å²) in [6.07, 6.45) is 0. The number of amides is 1. The van der Waals surface area contributed by atoms with Gasteiger partial charge in [0.05, 0.1) is 17.8 Å². The standard InChI is InChI=1S/C22H24N4O3/c1-22(2,3)18-8-9-20(28)26(24-18)13-14-11-25(12-14)21(29)16-10-19(27)23-17-7-5-4-6-15(16)17/h4-10,14H,11-13H2,1-3H3,(H,23,27). The molecule has 1 saturated heterocycles. The minimum absolute atomic E-state index is 0.136. The van der Waals surface area contributed by atoms with Crippen molar-refractivity contribution in [3.8, 4) is 0 Å². The van der Waals surface area contributed by atoms with E-state index in [1.807, 2.05) is 18.2 Å². The Bertz CT molecular complexity index is 1200. The highest BCUT2D eigenvalue weighted by molar-refractivity contribution is 6.06. The third-order valence-electron chi connectivity index (χ3n) is 5.29. The van der Waals surface area contributed by atoms with Crippen molar-refractivity contribution in [1.29, 1.82) is 0 Å². The number of rotatable bonds is 3. The SMILES string of the molecule is CC(C)(C)c1ccc(=O)n(CC2CN(C(=O)c3cc(=O)[nH]c4ccccc34)C2)n1. The van der Waals surface area contributed by atoms with Gasteiger partial charge in [0, 0.05) is 47.5 Å². The highest BCUT2D eigenvalue weighted by Crippen LogP contribution is 2.23. The summed E-state index contributed by atoms with van der Waals surface area (Å²) in [6, 6.07) is 12.0. The van der Waals surface area contributed by atoms with Gasteiger partial charge in [-0.2, -0.15) is 5.10 Å². The molecule has 4 rings (SSSR count). The number of nitrogens with zero attached hydrogens (tertiary/aromatic N) is 3. The van der Waals surface area contributed by atoms with Crippen LogP contribution in [0.3, 0.4) is 0 Å². The van der Waals surface area contributed by atoms with Crippen LogP contribution >= 0.6 is 0 Å². The molecule has 0 spiro atoms. The lowest BCUT2D eigenvalue weighted by Crippen LogP contribution is -2.52. The van der Waals surface area contributed by atoms with Crippen LogP contribution in [0.15, 0.2) is 52.1 Å². The molecule has 1 N–H and O–H groups in total. The predicted octanol–water partition coefficient (Wildman–Crippen LogP) is 2.15. The van der Waals surface area contributed by atoms with Crippen LogP contribution in [-0.2, 0) is 12.0 Å². The predicted molar refractivity (Wildman–Crippen MR) is 111 cm³/mol. The minimum atomic E-state index is -0.293. The first kappa shape index (κ1) is 19.1. The molecule has 1 fully saturated rings. The maximum Gasteiger partial charge on any atom is 0.266 e. The lowest BCUT2D eigenvalue weighted by atomic mass is 9.92. The first-order valence-electron chi connectivity index (χ1n) is 9.72. The van der Waals surface area contributed by atoms with Gasteiger partial charge in [-0.1, -0.05) is 39.0 Å². The van der Waals surface area contributed by atoms with Gasteiger partial charge in [0.25, 0.3) is 11.5 Å². The number of para-hydroxylation sites is 1. The number of likely N-dealkylation sites (tertiary alicyclic amines) is 1. The molecule has 3 heterocycles. The lowest BCUT2D eigenvalue weighted by molar-refractivity contribution is 0.0459. The molecule has 0 radical (unpaired) electrons. The second-order valence-corrected chi connectivity index (χ2v) is 8.66. The number of hydrogen-bond donors (Lipinski definition) is 1. The molecule has 1 aliphatic heterocycles. The van der Waals surface area contributed by atoms with Gasteiger partial charge in [-0.05, 0) is 12.1 Å². The molecule has 7 nitrogen and oxygen atoms in total. The number of nitrogens with one attached hydrogen (secondary N) is 1. The van der Waals surface area contributed by atoms with Crippen LogP contribution in [0.4, 0.5) is 0 Å². The molecule has 1 aromatic carbocycles. The fourth-order valence-electron chi connectivity index (χ4n) is 3.63. The quantitative estimate of drug-likeness (QED) is 0.740. The number of carbonyl (C=O) groups is 1. The van der Waals surface area contributed by atoms with Gasteiger partial charge in [-0.15, -0.1) is 0 Å². The summed E-state index contributed by atoms with van der Waals surface area (Å²) >= 11 is 0. The molecule has 29 heavy (non-hydrogen) atoms. The summed E-state index contributed by atoms with van der Waals surface area (Å²) in [4.78, 5) is 41.5. The smallest absolute Gasteiger partial charge is 0.266 e. The van der Waals surface area contributed by atoms with Crippen molar-refractivity contribution in [1.82, 2.24) is 19.7 Å². The first-order chi connectivity index (χ1) is 13.7. The Morgan fingerprint density at radius 2 is 1.86 bits per heavy atom. The van der Waals surface area contributed by atoms with Crippen molar-refractivity contribution in [2.24, 2.45) is 5.92 Å². The summed E-state index contributed by atoms with van der Waals surface area (Å²) in [5, 5.41) is 5.23. The van der Waals surface area contributed by atoms with E-state index in [1.54, 1.807) is 23.1 Å². The maximum absolute atomic E-state index is 12.9. The third-order valence-corrected chi connectivity index (χ3v) is 5.29. The van der Waals surface area contributed by atoms with E-state index >= 15 is 0 Å². The summed E-state index contributed by atoms with van der Waals surface area (Å²) in [6.45, 7) is 7.71. The van der Waals surface area contributed by atoms with E-state index in [4.69, 9.17) is 0 Å². The van der Waals surface area contributed by atoms with Gasteiger partial charge in [0.1, 0.15) is 0 Å². The first-order valence-corrected chi connectivity index (χ1v) is 9.72. The molecular formula is C22H24N4O3. The molecule has 7 heteroatoms. The number of benzene rings is 1. The summed E-state index contributed by atoms with van der Waals surface area (Å²) in [5.74, 6) is -0.0000671. The van der Waals surface area contributed by atoms with E-state index in [-0.39, 0.29) is 28.4 Å². The van der Waals surface area contributed by atoms with Crippen molar-refractivity contribution in [2.45, 2.75) is 32.7 Å². The molecule has 1 aliphatic rings. The minimum Gasteiger partial charge on any atom is -0.338 e. The van der Waals surface area contributed by atoms with Crippen molar-refractivity contribution < 1.29 is 4.79 Å². The average Bonchev–Trinajstić information content (AvgIpc) is 2.63. The number of hydrogen-bond acceptors (Lipinski definition) is 4. The second-order valence-electron chi connectivity index (χ2n) is 8.66. The molecule has 0 bridgehead atoms. The monoisotopic (exact) mass is 392 g/mol. The fourth-order valence-corrected chi connectivity index (χ4v) is 3.63. The van der Waals surface area contributed by atoms with E-state index in [0.717, 1.165) is 11.1 Å². The number of aromatic nitrogens is 3. The average molecular weight is 392 g/mol. The van der Waals surface area contributed by atoms with Gasteiger partial charge < -0.3 is 9.88 Å². The Morgan fingerprint density at radius 3 is 2.59 bits per heavy atom. The van der Waals surface area contributed by atoms with E-state index in [0.29, 0.717) is 30.7 Å². The van der Waals surface area contributed by atoms with Gasteiger partial charge in [-0.25, -0.2) is 4.68 Å². The number of aromatic amines is 1. The number of carbonyl (C=O) groups excluding carboxylic acids is 1. The van der Waals surface area contributed by atoms with E-state index in [2.05, 4.69) is 30.9 Å². The van der Waals surface area contributed by atoms with E-state index < -0.39 is 0 Å². The Kier molecular flexibility index (Phi) is 4.61. The van der Waals surface area contributed by atoms with E-state index in [9.17, 15) is 14.4 Å². The highest BCUT2D eigenvalue weighted by Gasteiger charge is 2.33. The van der Waals surface area contributed by atoms with Crippen LogP contribution in [0.25, 0.3) is 10.9 Å². The van der Waals surface area contributed by atoms with Crippen molar-refractivity contribution in [3.63, 3.8) is 0 Å². The molecule has 0 unspecified atom stereocenters. The van der Waals surface area contributed by atoms with Crippen LogP contribution in [0, 0.1) is 5.92 Å². The number of fused-ring (bicyclic) bond motifs is 1. The fraction of sp³-hybridized carbons (Fsp3) is 0.364. The largest absolute Gasteiger partial charge is 0.338 e. The lowest BCUT2D eigenvalue weighted by Gasteiger charge is -2.39. The molecule has 0 saturated carbocycles. The Labute approximate surface area is 168 Å². The highest BCUT2D eigenvalue weighted by atomic mass is 16.2. The topological polar surface area (TPSA) is 88.1 Å². The molecule has 0 atom stereocenters. The normalized spacial score (nSPS) is 14.8. The molecule has 3 aromatic rings. The second kappa shape index (κ2) is 6.99. The summed E-state index contributed by atoms with van der Waals surface area (Å²) in [5.41, 5.74) is 1.35. The Morgan fingerprint density at radius 1 is 1.14 bits per heavy atom. The maximum atomic E-state index is 12.9. The molecule has 1 amide bonds. The van der Waals surface area contributed by atoms with Crippen LogP contribution in [-0.4, -0.2) is 38.7 Å². The third kappa shape index (κ3) is 3.72. The zero-order valence-electron chi connectivity index (χ0n) is 16.8. The van der Waals surface area contributed by atoms with Crippen LogP contribution in [0.2, 0.25) is 0 Å². The van der Waals surface area contributed by atoms with Crippen LogP contribution in [0.1, 0.15) is 36.8 Å².